The van der Waals surface area contributed by atoms with Gasteiger partial charge in [-0.2, -0.15) is 0 Å². The second-order valence-corrected chi connectivity index (χ2v) is 4.39. The van der Waals surface area contributed by atoms with Gasteiger partial charge in [-0.25, -0.2) is 0 Å². The number of rotatable bonds is 6. The number of carbonyl (C=O) groups excluding carboxylic acids is 3. The van der Waals surface area contributed by atoms with E-state index in [1.165, 1.54) is 14.2 Å². The van der Waals surface area contributed by atoms with Gasteiger partial charge in [-0.15, -0.1) is 0 Å². The van der Waals surface area contributed by atoms with E-state index in [1.807, 2.05) is 6.29 Å². The summed E-state index contributed by atoms with van der Waals surface area (Å²) in [4.78, 5) is 34.7. The number of Topliss-reactive ketones (excluding diaryl/α,β-unsaturated/α-hetero) is 2. The van der Waals surface area contributed by atoms with Crippen molar-refractivity contribution in [3.05, 3.63) is 22.7 Å². The van der Waals surface area contributed by atoms with E-state index < -0.39 is 0 Å². The highest BCUT2D eigenvalue weighted by Crippen LogP contribution is 2.28. The molecule has 1 atom stereocenters. The first-order chi connectivity index (χ1) is 8.97. The molecule has 0 aliphatic heterocycles. The molecule has 103 valence electrons. The second-order valence-electron chi connectivity index (χ2n) is 4.39. The van der Waals surface area contributed by atoms with E-state index in [4.69, 9.17) is 9.47 Å². The summed E-state index contributed by atoms with van der Waals surface area (Å²) in [5.41, 5.74) is 0.727. The first kappa shape index (κ1) is 15.1. The predicted octanol–water partition coefficient (Wildman–Crippen LogP) is 1.49. The number of methoxy groups -OCH3 is 2. The molecule has 0 saturated carbocycles. The summed E-state index contributed by atoms with van der Waals surface area (Å²) in [5.74, 6) is -1.12. The summed E-state index contributed by atoms with van der Waals surface area (Å²) < 4.78 is 9.89. The predicted molar refractivity (Wildman–Crippen MR) is 67.8 cm³/mol. The number of hydrogen-bond donors (Lipinski definition) is 0. The third-order valence-corrected chi connectivity index (χ3v) is 3.12. The zero-order valence-electron chi connectivity index (χ0n) is 11.5. The van der Waals surface area contributed by atoms with Crippen LogP contribution in [0.1, 0.15) is 26.7 Å². The van der Waals surface area contributed by atoms with Gasteiger partial charge in [0.1, 0.15) is 0 Å². The van der Waals surface area contributed by atoms with E-state index in [0.717, 1.165) is 0 Å². The van der Waals surface area contributed by atoms with Crippen molar-refractivity contribution in [1.82, 2.24) is 0 Å². The molecule has 0 spiro atoms. The van der Waals surface area contributed by atoms with Crippen molar-refractivity contribution in [1.29, 1.82) is 0 Å². The third kappa shape index (κ3) is 2.92. The topological polar surface area (TPSA) is 69.7 Å². The Morgan fingerprint density at radius 2 is 1.63 bits per heavy atom. The van der Waals surface area contributed by atoms with Crippen LogP contribution >= 0.6 is 0 Å². The van der Waals surface area contributed by atoms with E-state index in [1.54, 1.807) is 13.8 Å². The Bertz CT molecular complexity index is 470. The highest BCUT2D eigenvalue weighted by molar-refractivity contribution is 6.23. The van der Waals surface area contributed by atoms with E-state index in [9.17, 15) is 14.4 Å². The van der Waals surface area contributed by atoms with Crippen LogP contribution in [0.2, 0.25) is 0 Å². The summed E-state index contributed by atoms with van der Waals surface area (Å²) in [7, 11) is 2.64. The van der Waals surface area contributed by atoms with Crippen molar-refractivity contribution in [2.45, 2.75) is 26.7 Å². The average Bonchev–Trinajstić information content (AvgIpc) is 2.41. The number of carbonyl (C=O) groups is 2. The Morgan fingerprint density at radius 3 is 2.11 bits per heavy atom. The molecule has 0 heterocycles. The van der Waals surface area contributed by atoms with Crippen molar-refractivity contribution in [2.75, 3.05) is 14.2 Å². The van der Waals surface area contributed by atoms with Crippen LogP contribution in [0.4, 0.5) is 0 Å². The van der Waals surface area contributed by atoms with Gasteiger partial charge in [0.25, 0.3) is 0 Å². The Labute approximate surface area is 112 Å². The van der Waals surface area contributed by atoms with Crippen molar-refractivity contribution >= 4 is 17.9 Å². The van der Waals surface area contributed by atoms with Crippen LogP contribution in [0.3, 0.4) is 0 Å². The molecule has 0 N–H and O–H groups in total. The van der Waals surface area contributed by atoms with Crippen LogP contribution in [-0.4, -0.2) is 32.1 Å². The van der Waals surface area contributed by atoms with Crippen LogP contribution in [0.5, 0.6) is 0 Å². The molecule has 0 saturated heterocycles. The summed E-state index contributed by atoms with van der Waals surface area (Å²) in [6.07, 6.45) is 2.66. The molecule has 1 rings (SSSR count). The molecule has 0 aromatic carbocycles. The molecular weight excluding hydrogens is 248 g/mol. The molecule has 0 fully saturated rings. The molecule has 1 aliphatic carbocycles. The van der Waals surface area contributed by atoms with Crippen LogP contribution < -0.4 is 0 Å². The van der Waals surface area contributed by atoms with Gasteiger partial charge in [0.05, 0.1) is 14.2 Å². The molecular formula is C14H17O5. The molecule has 0 amide bonds. The van der Waals surface area contributed by atoms with E-state index in [0.29, 0.717) is 24.0 Å². The van der Waals surface area contributed by atoms with Gasteiger partial charge in [-0.05, 0) is 19.8 Å². The fraction of sp³-hybridized carbons (Fsp3) is 0.500. The first-order valence-electron chi connectivity index (χ1n) is 5.96. The summed E-state index contributed by atoms with van der Waals surface area (Å²) in [5, 5.41) is 0. The maximum Gasteiger partial charge on any atom is 0.228 e. The smallest absolute Gasteiger partial charge is 0.228 e. The van der Waals surface area contributed by atoms with Crippen LogP contribution in [0.15, 0.2) is 22.7 Å². The number of hydrogen-bond acceptors (Lipinski definition) is 5. The Kier molecular flexibility index (Phi) is 5.03. The van der Waals surface area contributed by atoms with Crippen molar-refractivity contribution in [2.24, 2.45) is 5.92 Å². The van der Waals surface area contributed by atoms with Crippen LogP contribution in [0.25, 0.3) is 0 Å². The minimum absolute atomic E-state index is 0.0660. The number of ketones is 2. The van der Waals surface area contributed by atoms with Gasteiger partial charge in [0.15, 0.2) is 0 Å². The lowest BCUT2D eigenvalue weighted by Crippen LogP contribution is -2.25. The Hall–Kier alpha value is -1.91. The second kappa shape index (κ2) is 6.31. The van der Waals surface area contributed by atoms with Crippen molar-refractivity contribution < 1.29 is 23.9 Å². The maximum atomic E-state index is 12.2. The third-order valence-electron chi connectivity index (χ3n) is 3.12. The highest BCUT2D eigenvalue weighted by Gasteiger charge is 2.34. The molecule has 1 aliphatic rings. The molecule has 0 bridgehead atoms. The molecule has 1 radical (unpaired) electrons. The van der Waals surface area contributed by atoms with Crippen molar-refractivity contribution in [3.63, 3.8) is 0 Å². The summed E-state index contributed by atoms with van der Waals surface area (Å²) in [6.45, 7) is 3.29. The summed E-state index contributed by atoms with van der Waals surface area (Å²) in [6, 6.07) is 0. The van der Waals surface area contributed by atoms with Gasteiger partial charge in [-0.1, -0.05) is 6.92 Å². The molecule has 0 aromatic rings. The van der Waals surface area contributed by atoms with Crippen LogP contribution in [0, 0.1) is 5.92 Å². The van der Waals surface area contributed by atoms with Gasteiger partial charge < -0.3 is 9.47 Å². The van der Waals surface area contributed by atoms with Gasteiger partial charge in [0, 0.05) is 17.1 Å². The lowest BCUT2D eigenvalue weighted by Gasteiger charge is -2.20. The van der Waals surface area contributed by atoms with Gasteiger partial charge in [0.2, 0.25) is 29.4 Å². The molecule has 19 heavy (non-hydrogen) atoms. The van der Waals surface area contributed by atoms with Gasteiger partial charge in [-0.3, -0.25) is 14.4 Å². The molecule has 5 nitrogen and oxygen atoms in total. The number of ether oxygens (including phenoxy) is 2. The van der Waals surface area contributed by atoms with Crippen LogP contribution in [-0.2, 0) is 23.9 Å². The standard InChI is InChI=1S/C14H17O5/c1-8(7-15)5-6-10-9(2)11(16)13(18-3)14(19-4)12(10)17/h8H,5-6H2,1-4H3. The maximum absolute atomic E-state index is 12.2. The molecule has 1 unspecified atom stereocenters. The number of allylic oxidation sites excluding steroid dienone is 2. The van der Waals surface area contributed by atoms with Crippen molar-refractivity contribution in [3.8, 4) is 0 Å². The molecule has 0 aromatic heterocycles. The quantitative estimate of drug-likeness (QED) is 0.680. The summed E-state index contributed by atoms with van der Waals surface area (Å²) >= 11 is 0. The average molecular weight is 265 g/mol. The van der Waals surface area contributed by atoms with E-state index in [2.05, 4.69) is 0 Å². The zero-order valence-corrected chi connectivity index (χ0v) is 11.5. The normalized spacial score (nSPS) is 17.7. The highest BCUT2D eigenvalue weighted by atomic mass is 16.5. The van der Waals surface area contributed by atoms with E-state index in [-0.39, 0.29) is 29.0 Å². The fourth-order valence-corrected chi connectivity index (χ4v) is 1.91. The largest absolute Gasteiger partial charge is 0.489 e. The first-order valence-corrected chi connectivity index (χ1v) is 5.96. The van der Waals surface area contributed by atoms with Gasteiger partial charge >= 0.3 is 0 Å². The lowest BCUT2D eigenvalue weighted by atomic mass is 9.88. The fourth-order valence-electron chi connectivity index (χ4n) is 1.91. The monoisotopic (exact) mass is 265 g/mol. The van der Waals surface area contributed by atoms with E-state index >= 15 is 0 Å². The minimum Gasteiger partial charge on any atom is -0.489 e. The zero-order chi connectivity index (χ0) is 14.6. The Balaban J connectivity index is 3.06. The molecule has 5 heteroatoms. The SMILES string of the molecule is COC1=C(OC)C(=O)C(CCC(C)[C]=O)=C(C)C1=O. The minimum atomic E-state index is -0.352. The lowest BCUT2D eigenvalue weighted by molar-refractivity contribution is -0.121. The Morgan fingerprint density at radius 1 is 1.11 bits per heavy atom.